The van der Waals surface area contributed by atoms with E-state index in [1.54, 1.807) is 9.80 Å². The van der Waals surface area contributed by atoms with E-state index >= 15 is 62.3 Å². The highest BCUT2D eigenvalue weighted by Gasteiger charge is 2.85. The Balaban J connectivity index is 0.550. The van der Waals surface area contributed by atoms with Crippen LogP contribution in [0, 0.1) is 29.1 Å². The molecule has 0 spiro atoms. The van der Waals surface area contributed by atoms with Crippen LogP contribution in [0.25, 0.3) is 5.57 Å². The second kappa shape index (κ2) is 21.5. The van der Waals surface area contributed by atoms with Crippen LogP contribution in [0.1, 0.15) is 99.5 Å². The third-order valence-corrected chi connectivity index (χ3v) is 31.6. The Labute approximate surface area is 685 Å². The predicted molar refractivity (Wildman–Crippen MR) is 394 cm³/mol. The van der Waals surface area contributed by atoms with Gasteiger partial charge in [0.2, 0.25) is 0 Å². The molecule has 22 aliphatic heterocycles. The van der Waals surface area contributed by atoms with Gasteiger partial charge in [-0.05, 0) is 118 Å². The van der Waals surface area contributed by atoms with Crippen molar-refractivity contribution in [1.29, 1.82) is 0 Å². The highest BCUT2D eigenvalue weighted by Crippen LogP contribution is 2.64. The molecule has 5 aliphatic carbocycles. The molecule has 2 aromatic carbocycles. The molecule has 121 heavy (non-hydrogen) atoms. The summed E-state index contributed by atoms with van der Waals surface area (Å²) < 4.78 is 14.4. The smallest absolute Gasteiger partial charge is 0.362 e. The van der Waals surface area contributed by atoms with Crippen molar-refractivity contribution < 1.29 is 76.6 Å². The number of hydrogen-bond acceptors (Lipinski definition) is 19. The Morgan fingerprint density at radius 1 is 0.430 bits per heavy atom. The summed E-state index contributed by atoms with van der Waals surface area (Å²) in [5.41, 5.74) is 4.83. The molecule has 15 atom stereocenters. The number of allylic oxidation sites excluding steroid dienone is 1. The van der Waals surface area contributed by atoms with Gasteiger partial charge in [-0.1, -0.05) is 43.2 Å². The van der Waals surface area contributed by atoms with Gasteiger partial charge in [0.25, 0.3) is 5.91 Å². The highest BCUT2D eigenvalue weighted by molar-refractivity contribution is 6.04. The zero-order valence-corrected chi connectivity index (χ0v) is 65.1. The maximum Gasteiger partial charge on any atom is 0.362 e. The minimum Gasteiger partial charge on any atom is -0.456 e. The number of unbranched alkanes of at least 4 members (excludes halogenated alkanes) is 2. The van der Waals surface area contributed by atoms with Crippen LogP contribution in [0.3, 0.4) is 0 Å². The Morgan fingerprint density at radius 2 is 0.793 bits per heavy atom. The third kappa shape index (κ3) is 7.32. The van der Waals surface area contributed by atoms with Crippen LogP contribution in [0.15, 0.2) is 72.0 Å². The van der Waals surface area contributed by atoms with E-state index in [-0.39, 0.29) is 12.5 Å². The van der Waals surface area contributed by atoms with Crippen LogP contribution in [-0.2, 0) is 4.74 Å². The fourth-order valence-electron chi connectivity index (χ4n) is 27.5. The highest BCUT2D eigenvalue weighted by atomic mass is 16.5. The van der Waals surface area contributed by atoms with E-state index in [2.05, 4.69) is 30.1 Å². The summed E-state index contributed by atoms with van der Waals surface area (Å²) in [6.45, 7) is 1.95. The van der Waals surface area contributed by atoms with Gasteiger partial charge < -0.3 is 19.7 Å². The Hall–Kier alpha value is -12.9. The van der Waals surface area contributed by atoms with Crippen molar-refractivity contribution in [3.8, 4) is 5.75 Å². The van der Waals surface area contributed by atoms with Gasteiger partial charge in [0.05, 0.1) is 19.9 Å². The number of fused-ring (bicyclic) bond motifs is 9. The number of amides is 27. The average Bonchev–Trinajstić information content (AvgIpc) is 1.48. The summed E-state index contributed by atoms with van der Waals surface area (Å²) in [6.07, 6.45) is -4.26. The molecular weight excluding hydrogens is 1580 g/mol. The first-order valence-electron chi connectivity index (χ1n) is 42.3. The first kappa shape index (κ1) is 67.0. The van der Waals surface area contributed by atoms with Crippen molar-refractivity contribution in [2.75, 3.05) is 77.8 Å². The van der Waals surface area contributed by atoms with Gasteiger partial charge in [-0.25, -0.2) is 142 Å². The van der Waals surface area contributed by atoms with E-state index in [0.29, 0.717) is 53.3 Å². The van der Waals surface area contributed by atoms with E-state index in [1.165, 1.54) is 93.9 Å². The Kier molecular flexibility index (Phi) is 11.9. The van der Waals surface area contributed by atoms with Crippen molar-refractivity contribution in [2.24, 2.45) is 29.1 Å². The minimum absolute atomic E-state index is 0.177. The Bertz CT molecular complexity index is 5290. The number of carbonyl (C=O) groups excluding carboxylic acids is 14. The summed E-state index contributed by atoms with van der Waals surface area (Å²) in [4.78, 5) is 246. The van der Waals surface area contributed by atoms with E-state index in [4.69, 9.17) is 9.47 Å². The lowest BCUT2D eigenvalue weighted by molar-refractivity contribution is -0.151. The Morgan fingerprint density at radius 3 is 1.17 bits per heavy atom. The number of carbonyl (C=O) groups is 14. The average molecular weight is 1660 g/mol. The molecule has 29 rings (SSSR count). The van der Waals surface area contributed by atoms with E-state index in [0.717, 1.165) is 134 Å². The summed E-state index contributed by atoms with van der Waals surface area (Å²) in [6, 6.07) is 1.27. The van der Waals surface area contributed by atoms with E-state index in [1.807, 2.05) is 54.6 Å². The molecule has 27 amide bonds. The lowest BCUT2D eigenvalue weighted by Gasteiger charge is -2.57. The second-order valence-electron chi connectivity index (χ2n) is 36.9. The fourth-order valence-corrected chi connectivity index (χ4v) is 27.5. The molecule has 22 heterocycles. The maximum atomic E-state index is 16.9. The van der Waals surface area contributed by atoms with Gasteiger partial charge >= 0.3 is 78.4 Å². The van der Waals surface area contributed by atoms with Crippen molar-refractivity contribution in [3.05, 3.63) is 88.7 Å². The molecule has 1 N–H and O–H groups in total. The van der Waals surface area contributed by atoms with Crippen molar-refractivity contribution in [1.82, 2.24) is 144 Å². The fraction of sp³-hybridized carbons (Fsp3) is 0.573. The maximum absolute atomic E-state index is 16.9. The number of anilines is 1. The molecule has 46 heteroatoms. The van der Waals surface area contributed by atoms with Crippen LogP contribution >= 0.6 is 0 Å². The van der Waals surface area contributed by atoms with Gasteiger partial charge in [0.15, 0.2) is 80.3 Å². The molecule has 4 bridgehead atoms. The first-order valence-corrected chi connectivity index (χ1v) is 42.3. The van der Waals surface area contributed by atoms with Crippen LogP contribution < -0.4 is 15.0 Å². The SMILES string of the molecule is CCN(CC)c1ccc2c(c1)OC1=CC(COC3N4CN5C(=O)N6CN7C(=O)N8CN9C(=O)N%10CN%11C(=O)N%12CN%13C(=O)N%14CN%15C(=O)N%16CN3C3C4N4C(=O)N3N3C(=O)N(C%15C%163)N3C(=O)N(C%13C%143)N3C(=O)N(C%11C%123)N3C(=O)N(C9C%103)N3C(=O)N(C7C83)N3C(=O)N4C5C63)C=CC1=C2c1ccccc1C(=O)NCCCCCC12CC3CC(CC(C3)C1)C2. The molecule has 4 saturated carbocycles. The van der Waals surface area contributed by atoms with Crippen LogP contribution in [-0.4, -0.2) is 389 Å². The standard InChI is InChI=1S/C75H78N30O16/c1-3-77(4-2)38-13-15-42-44(22-38)121-43-21-34(12-14-41(43)45(42)39-10-6-7-11-40(39)46(106)76-17-9-5-8-16-75-23-35-18-36(24-75)20-37(19-35)25-75)26-120-74-90-32-88-57-55-86(65(88)111)30-84-53-51-82(63(84)109)28-80-49-47-78(61(80)107)27-79-48-50-81(62(79)108)29-83-52-54-85(64(83)110)31-87-56-58-89(66(87)112)33-91(74)60-59(90)104-73(119)105(60)103(58)72(118)101(56)99(54)70(116)97(52)95(50)68(114)93(48)92(47)67(113)94(49)96(51)69(115)98(53)100(55)71(117)102(57)104/h6-7,10-15,21-22,34-37,47-60,74H,3-5,8-9,16-20,23-33H2,1-2H3,(H,76,106). The number of ether oxygens (including phenoxy) is 2. The van der Waals surface area contributed by atoms with Gasteiger partial charge in [-0.3, -0.25) is 63.6 Å². The first-order chi connectivity index (χ1) is 58.7. The topological polar surface area (TPSA) is 363 Å². The summed E-state index contributed by atoms with van der Waals surface area (Å²) in [7, 11) is 0. The third-order valence-electron chi connectivity index (χ3n) is 31.6. The molecule has 0 aromatic heterocycles. The van der Waals surface area contributed by atoms with Gasteiger partial charge in [-0.2, -0.15) is 0 Å². The summed E-state index contributed by atoms with van der Waals surface area (Å²) >= 11 is 0. The monoisotopic (exact) mass is 1650 g/mol. The number of nitrogens with zero attached hydrogens (tertiary/aromatic N) is 29. The van der Waals surface area contributed by atoms with Crippen LogP contribution in [0.4, 0.5) is 68.0 Å². The lowest BCUT2D eigenvalue weighted by Crippen LogP contribution is -2.61. The van der Waals surface area contributed by atoms with Crippen LogP contribution in [0.5, 0.6) is 5.75 Å². The number of hydrogen-bond donors (Lipinski definition) is 1. The molecule has 21 saturated heterocycles. The van der Waals surface area contributed by atoms with E-state index < -0.39 is 224 Å². The zero-order valence-electron chi connectivity index (χ0n) is 65.1. The van der Waals surface area contributed by atoms with Crippen molar-refractivity contribution >= 4 is 95.6 Å². The molecule has 624 valence electrons. The van der Waals surface area contributed by atoms with Crippen molar-refractivity contribution in [2.45, 2.75) is 171 Å². The summed E-state index contributed by atoms with van der Waals surface area (Å²) in [5.74, 6) is 2.87. The van der Waals surface area contributed by atoms with Gasteiger partial charge in [0, 0.05) is 59.6 Å². The second-order valence-corrected chi connectivity index (χ2v) is 36.9. The molecule has 15 unspecified atom stereocenters. The molecule has 2 aromatic rings. The molecule has 46 nitrogen and oxygen atoms in total. The number of benzene rings is 2. The van der Waals surface area contributed by atoms with Crippen molar-refractivity contribution in [3.63, 3.8) is 0 Å². The molecular formula is C75H78N30O16. The van der Waals surface area contributed by atoms with Gasteiger partial charge in [-0.15, -0.1) is 0 Å². The van der Waals surface area contributed by atoms with Gasteiger partial charge in [0.1, 0.15) is 57.2 Å². The number of hydrazine groups is 7. The predicted octanol–water partition coefficient (Wildman–Crippen LogP) is 1.59. The largest absolute Gasteiger partial charge is 0.456 e. The molecule has 0 radical (unpaired) electrons. The quantitative estimate of drug-likeness (QED) is 0.262. The molecule has 27 aliphatic rings. The van der Waals surface area contributed by atoms with Crippen LogP contribution in [0.2, 0.25) is 0 Å². The lowest BCUT2D eigenvalue weighted by atomic mass is 9.48. The normalized spacial score (nSPS) is 37.8. The summed E-state index contributed by atoms with van der Waals surface area (Å²) in [5, 5.41) is 17.6. The number of nitrogens with one attached hydrogen (secondary N) is 1. The number of urea groups is 13. The zero-order chi connectivity index (χ0) is 81.0. The number of rotatable bonds is 14. The van der Waals surface area contributed by atoms with E-state index in [9.17, 15) is 4.79 Å². The minimum atomic E-state index is -1.55. The molecule has 25 fully saturated rings.